The van der Waals surface area contributed by atoms with Crippen molar-refractivity contribution in [1.29, 1.82) is 0 Å². The van der Waals surface area contributed by atoms with Crippen LogP contribution in [0, 0.1) is 5.82 Å². The maximum absolute atomic E-state index is 13.7. The van der Waals surface area contributed by atoms with Crippen LogP contribution in [0.4, 0.5) is 30.7 Å². The van der Waals surface area contributed by atoms with Crippen LogP contribution in [0.25, 0.3) is 0 Å². The standard InChI is InChI=1S/C20H14B3F7O4/c24-18-9-3-8-17(12-18)23(33-21(31)15-6-1-4-13(10-15)19(25,26)27)34-22(32)16-7-2-5-14(11-16)20(28,29)30/h1-12,31-32H. The summed E-state index contributed by atoms with van der Waals surface area (Å²) in [4.78, 5) is 0. The molecule has 2 N–H and O–H groups in total. The van der Waals surface area contributed by atoms with Crippen LogP contribution in [0.3, 0.4) is 0 Å². The van der Waals surface area contributed by atoms with E-state index in [1.54, 1.807) is 0 Å². The van der Waals surface area contributed by atoms with Gasteiger partial charge in [0.15, 0.2) is 0 Å². The van der Waals surface area contributed by atoms with Crippen LogP contribution in [-0.2, 0) is 21.5 Å². The van der Waals surface area contributed by atoms with Gasteiger partial charge in [-0.15, -0.1) is 0 Å². The number of halogens is 7. The first-order valence-corrected chi connectivity index (χ1v) is 9.61. The minimum absolute atomic E-state index is 0.1000. The molecular weight excluding hydrogens is 470 g/mol. The van der Waals surface area contributed by atoms with Crippen LogP contribution in [0.5, 0.6) is 0 Å². The Bertz CT molecular complexity index is 1060. The molecule has 0 atom stereocenters. The van der Waals surface area contributed by atoms with E-state index in [0.717, 1.165) is 48.5 Å². The third-order valence-corrected chi connectivity index (χ3v) is 4.62. The van der Waals surface area contributed by atoms with Crippen LogP contribution < -0.4 is 16.4 Å². The summed E-state index contributed by atoms with van der Waals surface area (Å²) in [6.45, 7) is 0. The Morgan fingerprint density at radius 3 is 1.41 bits per heavy atom. The lowest BCUT2D eigenvalue weighted by Crippen LogP contribution is -2.51. The van der Waals surface area contributed by atoms with Gasteiger partial charge >= 0.3 is 33.7 Å². The summed E-state index contributed by atoms with van der Waals surface area (Å²) in [6.07, 6.45) is -9.40. The van der Waals surface area contributed by atoms with Crippen LogP contribution in [0.1, 0.15) is 11.1 Å². The molecule has 0 saturated carbocycles. The fraction of sp³-hybridized carbons (Fsp3) is 0.100. The average molecular weight is 484 g/mol. The molecular formula is C20H14B3F7O4. The summed E-state index contributed by atoms with van der Waals surface area (Å²) in [7, 11) is -5.82. The molecule has 3 aromatic rings. The molecule has 4 nitrogen and oxygen atoms in total. The molecule has 0 unspecified atom stereocenters. The van der Waals surface area contributed by atoms with Crippen molar-refractivity contribution < 1.29 is 49.9 Å². The number of alkyl halides is 6. The van der Waals surface area contributed by atoms with Crippen LogP contribution in [-0.4, -0.2) is 31.4 Å². The molecule has 3 rings (SSSR count). The van der Waals surface area contributed by atoms with Gasteiger partial charge in [0.1, 0.15) is 5.82 Å². The molecule has 0 spiro atoms. The highest BCUT2D eigenvalue weighted by Crippen LogP contribution is 2.29. The van der Waals surface area contributed by atoms with Gasteiger partial charge in [-0.2, -0.15) is 26.3 Å². The molecule has 0 bridgehead atoms. The average Bonchev–Trinajstić information content (AvgIpc) is 2.77. The van der Waals surface area contributed by atoms with Gasteiger partial charge in [0.05, 0.1) is 11.1 Å². The smallest absolute Gasteiger partial charge is 0.444 e. The Balaban J connectivity index is 1.88. The van der Waals surface area contributed by atoms with Gasteiger partial charge in [-0.25, -0.2) is 4.39 Å². The summed E-state index contributed by atoms with van der Waals surface area (Å²) in [5.74, 6) is -0.767. The monoisotopic (exact) mass is 484 g/mol. The van der Waals surface area contributed by atoms with Gasteiger partial charge < -0.3 is 19.2 Å². The Kier molecular flexibility index (Phi) is 7.76. The highest BCUT2D eigenvalue weighted by Gasteiger charge is 2.37. The fourth-order valence-electron chi connectivity index (χ4n) is 2.97. The Morgan fingerprint density at radius 1 is 0.588 bits per heavy atom. The largest absolute Gasteiger partial charge is 0.477 e. The van der Waals surface area contributed by atoms with Crippen molar-refractivity contribution in [3.63, 3.8) is 0 Å². The predicted octanol–water partition coefficient (Wildman–Crippen LogP) is 2.37. The third-order valence-electron chi connectivity index (χ3n) is 4.62. The normalized spacial score (nSPS) is 11.9. The quantitative estimate of drug-likeness (QED) is 0.400. The fourth-order valence-corrected chi connectivity index (χ4v) is 2.97. The lowest BCUT2D eigenvalue weighted by atomic mass is 9.67. The highest BCUT2D eigenvalue weighted by atomic mass is 19.4. The second-order valence-corrected chi connectivity index (χ2v) is 7.11. The van der Waals surface area contributed by atoms with E-state index in [9.17, 15) is 40.8 Å². The van der Waals surface area contributed by atoms with Gasteiger partial charge in [-0.05, 0) is 28.5 Å². The van der Waals surface area contributed by atoms with Crippen molar-refractivity contribution in [3.05, 3.63) is 89.7 Å². The lowest BCUT2D eigenvalue weighted by Gasteiger charge is -2.20. The third kappa shape index (κ3) is 6.63. The van der Waals surface area contributed by atoms with Crippen molar-refractivity contribution in [2.24, 2.45) is 0 Å². The summed E-state index contributed by atoms with van der Waals surface area (Å²) in [5, 5.41) is 20.7. The van der Waals surface area contributed by atoms with Gasteiger partial charge in [0.2, 0.25) is 0 Å². The molecule has 0 aliphatic carbocycles. The molecule has 3 aromatic carbocycles. The number of benzene rings is 3. The maximum Gasteiger partial charge on any atom is 0.477 e. The van der Waals surface area contributed by atoms with E-state index in [2.05, 4.69) is 0 Å². The van der Waals surface area contributed by atoms with Crippen molar-refractivity contribution in [2.75, 3.05) is 0 Å². The first kappa shape index (κ1) is 25.8. The molecule has 0 heterocycles. The van der Waals surface area contributed by atoms with Crippen LogP contribution >= 0.6 is 0 Å². The minimum Gasteiger partial charge on any atom is -0.444 e. The molecule has 0 fully saturated rings. The van der Waals surface area contributed by atoms with Gasteiger partial charge in [0.25, 0.3) is 0 Å². The summed E-state index contributed by atoms with van der Waals surface area (Å²) >= 11 is 0. The van der Waals surface area contributed by atoms with Crippen molar-refractivity contribution in [2.45, 2.75) is 12.4 Å². The number of hydrogen-bond acceptors (Lipinski definition) is 4. The first-order chi connectivity index (χ1) is 15.8. The Hall–Kier alpha value is -2.80. The molecule has 0 amide bonds. The van der Waals surface area contributed by atoms with Gasteiger partial charge in [-0.3, -0.25) is 0 Å². The summed E-state index contributed by atoms with van der Waals surface area (Å²) in [5.41, 5.74) is -2.89. The number of rotatable bonds is 7. The molecule has 0 saturated heterocycles. The molecule has 0 aliphatic rings. The SMILES string of the molecule is OB(OB(OB(O)c1cccc(C(F)(F)F)c1)c1cccc(F)c1)c1cccc(C(F)(F)F)c1. The second kappa shape index (κ2) is 10.2. The number of hydrogen-bond donors (Lipinski definition) is 2. The van der Waals surface area contributed by atoms with E-state index in [1.807, 2.05) is 0 Å². The first-order valence-electron chi connectivity index (χ1n) is 9.61. The molecule has 0 aromatic heterocycles. The van der Waals surface area contributed by atoms with Crippen LogP contribution in [0.15, 0.2) is 72.8 Å². The Labute approximate surface area is 190 Å². The van der Waals surface area contributed by atoms with E-state index < -0.39 is 50.7 Å². The molecule has 0 aliphatic heterocycles. The summed E-state index contributed by atoms with van der Waals surface area (Å²) in [6, 6.07) is 11.6. The Morgan fingerprint density at radius 2 is 1.00 bits per heavy atom. The zero-order valence-electron chi connectivity index (χ0n) is 17.0. The second-order valence-electron chi connectivity index (χ2n) is 7.11. The zero-order chi connectivity index (χ0) is 25.1. The van der Waals surface area contributed by atoms with Crippen molar-refractivity contribution in [3.8, 4) is 0 Å². The highest BCUT2D eigenvalue weighted by molar-refractivity contribution is 6.79. The van der Waals surface area contributed by atoms with Gasteiger partial charge in [-0.1, -0.05) is 60.7 Å². The van der Waals surface area contributed by atoms with Crippen molar-refractivity contribution >= 4 is 37.7 Å². The van der Waals surface area contributed by atoms with E-state index in [0.29, 0.717) is 12.1 Å². The van der Waals surface area contributed by atoms with E-state index in [4.69, 9.17) is 9.14 Å². The van der Waals surface area contributed by atoms with Crippen LogP contribution in [0.2, 0.25) is 0 Å². The van der Waals surface area contributed by atoms with Crippen molar-refractivity contribution in [1.82, 2.24) is 0 Å². The summed E-state index contributed by atoms with van der Waals surface area (Å²) < 4.78 is 102. The molecule has 14 heteroatoms. The minimum atomic E-state index is -4.70. The lowest BCUT2D eigenvalue weighted by molar-refractivity contribution is -0.138. The topological polar surface area (TPSA) is 58.9 Å². The van der Waals surface area contributed by atoms with E-state index in [1.165, 1.54) is 12.1 Å². The molecule has 0 radical (unpaired) electrons. The maximum atomic E-state index is 13.7. The zero-order valence-corrected chi connectivity index (χ0v) is 17.0. The predicted molar refractivity (Wildman–Crippen MR) is 112 cm³/mol. The van der Waals surface area contributed by atoms with E-state index in [-0.39, 0.29) is 16.4 Å². The van der Waals surface area contributed by atoms with Gasteiger partial charge in [0, 0.05) is 0 Å². The molecule has 34 heavy (non-hydrogen) atoms. The van der Waals surface area contributed by atoms with E-state index >= 15 is 0 Å². The molecule has 176 valence electrons.